The first kappa shape index (κ1) is 17.1. The molecule has 2 aromatic carbocycles. The lowest BCUT2D eigenvalue weighted by molar-refractivity contribution is 0.100. The number of carbonyl (C=O) groups excluding carboxylic acids is 1. The van der Waals surface area contributed by atoms with Crippen molar-refractivity contribution in [3.05, 3.63) is 60.3 Å². The normalized spacial score (nSPS) is 12.3. The molecule has 0 spiro atoms. The molecule has 144 valence electrons. The van der Waals surface area contributed by atoms with E-state index < -0.39 is 5.91 Å². The number of hydrogen-bond acceptors (Lipinski definition) is 5. The molecule has 0 saturated carbocycles. The minimum Gasteiger partial charge on any atom is -0.454 e. The number of aromatic nitrogens is 4. The van der Waals surface area contributed by atoms with Gasteiger partial charge in [-0.25, -0.2) is 4.98 Å². The molecule has 1 aliphatic rings. The van der Waals surface area contributed by atoms with E-state index in [9.17, 15) is 4.79 Å². The van der Waals surface area contributed by atoms with E-state index in [-0.39, 0.29) is 6.79 Å². The topological polar surface area (TPSA) is 108 Å². The van der Waals surface area contributed by atoms with Crippen molar-refractivity contribution in [1.82, 2.24) is 19.7 Å². The lowest BCUT2D eigenvalue weighted by atomic mass is 10.1. The summed E-state index contributed by atoms with van der Waals surface area (Å²) in [6.45, 7) is 0.212. The van der Waals surface area contributed by atoms with Crippen LogP contribution in [0.15, 0.2) is 54.7 Å². The van der Waals surface area contributed by atoms with Gasteiger partial charge in [0.15, 0.2) is 11.5 Å². The highest BCUT2D eigenvalue weighted by Crippen LogP contribution is 2.39. The zero-order valence-electron chi connectivity index (χ0n) is 15.5. The van der Waals surface area contributed by atoms with Crippen LogP contribution in [0.3, 0.4) is 0 Å². The third-order valence-corrected chi connectivity index (χ3v) is 4.76. The molecule has 8 heteroatoms. The summed E-state index contributed by atoms with van der Waals surface area (Å²) in [5.41, 5.74) is 9.80. The van der Waals surface area contributed by atoms with Gasteiger partial charge in [0.2, 0.25) is 12.7 Å². The second-order valence-corrected chi connectivity index (χ2v) is 6.69. The minimum atomic E-state index is -0.466. The molecule has 0 saturated heterocycles. The lowest BCUT2D eigenvalue weighted by Gasteiger charge is -2.02. The maximum atomic E-state index is 11.3. The van der Waals surface area contributed by atoms with Crippen LogP contribution in [0, 0.1) is 0 Å². The fraction of sp³-hybridized carbons (Fsp3) is 0.0952. The average Bonchev–Trinajstić information content (AvgIpc) is 3.46. The Balaban J connectivity index is 1.64. The first-order valence-corrected chi connectivity index (χ1v) is 8.99. The van der Waals surface area contributed by atoms with Crippen LogP contribution in [0.5, 0.6) is 11.5 Å². The SMILES string of the molecule is Cn1ccc(-c2[nH]c(-c3ccc(C(N)=O)cc3)nc2-c2ccc3c(c2)OCO3)n1. The van der Waals surface area contributed by atoms with Crippen molar-refractivity contribution in [1.29, 1.82) is 0 Å². The first-order chi connectivity index (χ1) is 14.1. The lowest BCUT2D eigenvalue weighted by Crippen LogP contribution is -2.10. The summed E-state index contributed by atoms with van der Waals surface area (Å²) in [7, 11) is 1.86. The molecule has 0 radical (unpaired) electrons. The van der Waals surface area contributed by atoms with Crippen LogP contribution in [-0.4, -0.2) is 32.4 Å². The Labute approximate surface area is 165 Å². The highest BCUT2D eigenvalue weighted by Gasteiger charge is 2.20. The Morgan fingerprint density at radius 2 is 1.83 bits per heavy atom. The van der Waals surface area contributed by atoms with Gasteiger partial charge in [-0.15, -0.1) is 0 Å². The van der Waals surface area contributed by atoms with Gasteiger partial charge in [-0.05, 0) is 36.4 Å². The number of primary amides is 1. The van der Waals surface area contributed by atoms with Gasteiger partial charge in [-0.1, -0.05) is 12.1 Å². The molecule has 0 fully saturated rings. The van der Waals surface area contributed by atoms with E-state index >= 15 is 0 Å². The molecule has 1 amide bonds. The number of imidazole rings is 1. The van der Waals surface area contributed by atoms with Crippen molar-refractivity contribution in [2.75, 3.05) is 6.79 Å². The first-order valence-electron chi connectivity index (χ1n) is 8.99. The van der Waals surface area contributed by atoms with E-state index in [1.165, 1.54) is 0 Å². The van der Waals surface area contributed by atoms with Crippen molar-refractivity contribution in [3.63, 3.8) is 0 Å². The van der Waals surface area contributed by atoms with E-state index in [4.69, 9.17) is 20.2 Å². The van der Waals surface area contributed by atoms with Gasteiger partial charge < -0.3 is 20.2 Å². The summed E-state index contributed by atoms with van der Waals surface area (Å²) >= 11 is 0. The number of ether oxygens (including phenoxy) is 2. The Morgan fingerprint density at radius 3 is 2.55 bits per heavy atom. The molecular formula is C21H17N5O3. The standard InChI is InChI=1S/C21H17N5O3/c1-26-9-8-15(25-26)19-18(14-6-7-16-17(10-14)29-11-28-16)23-21(24-19)13-4-2-12(3-5-13)20(22)27/h2-10H,11H2,1H3,(H2,22,27)(H,23,24). The number of carbonyl (C=O) groups is 1. The van der Waals surface area contributed by atoms with Crippen LogP contribution < -0.4 is 15.2 Å². The number of aromatic amines is 1. The fourth-order valence-electron chi connectivity index (χ4n) is 3.29. The monoisotopic (exact) mass is 387 g/mol. The van der Waals surface area contributed by atoms with Gasteiger partial charge in [0, 0.05) is 29.9 Å². The summed E-state index contributed by atoms with van der Waals surface area (Å²) in [5.74, 6) is 1.59. The number of H-pyrrole nitrogens is 1. The van der Waals surface area contributed by atoms with E-state index in [0.717, 1.165) is 28.2 Å². The number of benzene rings is 2. The highest BCUT2D eigenvalue weighted by molar-refractivity contribution is 5.93. The number of hydrogen-bond donors (Lipinski definition) is 2. The zero-order chi connectivity index (χ0) is 20.0. The van der Waals surface area contributed by atoms with Gasteiger partial charge in [-0.3, -0.25) is 9.48 Å². The molecule has 0 bridgehead atoms. The average molecular weight is 387 g/mol. The molecule has 4 aromatic rings. The maximum absolute atomic E-state index is 11.3. The molecule has 5 rings (SSSR count). The molecule has 0 unspecified atom stereocenters. The number of nitrogens with one attached hydrogen (secondary N) is 1. The second kappa shape index (κ2) is 6.52. The molecule has 29 heavy (non-hydrogen) atoms. The molecular weight excluding hydrogens is 370 g/mol. The van der Waals surface area contributed by atoms with Crippen molar-refractivity contribution in [3.8, 4) is 45.5 Å². The van der Waals surface area contributed by atoms with Gasteiger partial charge >= 0.3 is 0 Å². The van der Waals surface area contributed by atoms with Crippen molar-refractivity contribution >= 4 is 5.91 Å². The third-order valence-electron chi connectivity index (χ3n) is 4.76. The molecule has 1 aliphatic heterocycles. The van der Waals surface area contributed by atoms with Crippen molar-refractivity contribution in [2.45, 2.75) is 0 Å². The van der Waals surface area contributed by atoms with E-state index in [1.54, 1.807) is 16.8 Å². The number of rotatable bonds is 4. The van der Waals surface area contributed by atoms with Crippen LogP contribution >= 0.6 is 0 Å². The summed E-state index contributed by atoms with van der Waals surface area (Å²) in [6, 6.07) is 14.6. The quantitative estimate of drug-likeness (QED) is 0.560. The molecule has 8 nitrogen and oxygen atoms in total. The predicted octanol–water partition coefficient (Wildman–Crippen LogP) is 2.97. The highest BCUT2D eigenvalue weighted by atomic mass is 16.7. The van der Waals surface area contributed by atoms with Crippen LogP contribution in [0.25, 0.3) is 34.0 Å². The zero-order valence-corrected chi connectivity index (χ0v) is 15.5. The smallest absolute Gasteiger partial charge is 0.248 e. The Morgan fingerprint density at radius 1 is 1.07 bits per heavy atom. The molecule has 0 atom stereocenters. The van der Waals surface area contributed by atoms with Gasteiger partial charge in [-0.2, -0.15) is 5.10 Å². The van der Waals surface area contributed by atoms with Crippen molar-refractivity contribution < 1.29 is 14.3 Å². The predicted molar refractivity (Wildman–Crippen MR) is 106 cm³/mol. The van der Waals surface area contributed by atoms with Crippen LogP contribution in [0.1, 0.15) is 10.4 Å². The van der Waals surface area contributed by atoms with Crippen LogP contribution in [0.2, 0.25) is 0 Å². The third kappa shape index (κ3) is 3.00. The van der Waals surface area contributed by atoms with E-state index in [2.05, 4.69) is 10.1 Å². The van der Waals surface area contributed by atoms with Crippen LogP contribution in [0.4, 0.5) is 0 Å². The summed E-state index contributed by atoms with van der Waals surface area (Å²) in [4.78, 5) is 19.5. The Kier molecular flexibility index (Phi) is 3.83. The summed E-state index contributed by atoms with van der Waals surface area (Å²) < 4.78 is 12.7. The van der Waals surface area contributed by atoms with Crippen molar-refractivity contribution in [2.24, 2.45) is 12.8 Å². The fourth-order valence-corrected chi connectivity index (χ4v) is 3.29. The number of fused-ring (bicyclic) bond motifs is 1. The second-order valence-electron chi connectivity index (χ2n) is 6.69. The van der Waals surface area contributed by atoms with Gasteiger partial charge in [0.05, 0.1) is 11.4 Å². The number of aryl methyl sites for hydroxylation is 1. The summed E-state index contributed by atoms with van der Waals surface area (Å²) in [5, 5.41) is 4.51. The largest absolute Gasteiger partial charge is 0.454 e. The molecule has 0 aliphatic carbocycles. The maximum Gasteiger partial charge on any atom is 0.248 e. The summed E-state index contributed by atoms with van der Waals surface area (Å²) in [6.07, 6.45) is 1.88. The molecule has 2 aromatic heterocycles. The van der Waals surface area contributed by atoms with E-state index in [1.807, 2.05) is 49.6 Å². The van der Waals surface area contributed by atoms with Crippen LogP contribution in [-0.2, 0) is 7.05 Å². The van der Waals surface area contributed by atoms with Gasteiger partial charge in [0.1, 0.15) is 11.5 Å². The molecule has 3 heterocycles. The van der Waals surface area contributed by atoms with Gasteiger partial charge in [0.25, 0.3) is 0 Å². The Hall–Kier alpha value is -4.07. The number of amides is 1. The number of nitrogens with zero attached hydrogens (tertiary/aromatic N) is 3. The minimum absolute atomic E-state index is 0.212. The van der Waals surface area contributed by atoms with E-state index in [0.29, 0.717) is 22.9 Å². The molecule has 3 N–H and O–H groups in total. The number of nitrogens with two attached hydrogens (primary N) is 1. The Bertz CT molecular complexity index is 1220.